The van der Waals surface area contributed by atoms with Gasteiger partial charge in [0.15, 0.2) is 4.87 Å². The van der Waals surface area contributed by atoms with Crippen molar-refractivity contribution in [1.82, 2.24) is 9.47 Å². The number of carbonyl (C=O) groups is 1. The summed E-state index contributed by atoms with van der Waals surface area (Å²) in [6.45, 7) is 9.50. The Morgan fingerprint density at radius 2 is 1.72 bits per heavy atom. The Bertz CT molecular complexity index is 1170. The molecule has 0 radical (unpaired) electrons. The van der Waals surface area contributed by atoms with Crippen LogP contribution in [0.3, 0.4) is 0 Å². The van der Waals surface area contributed by atoms with Crippen LogP contribution in [0.2, 0.25) is 0 Å². The highest BCUT2D eigenvalue weighted by molar-refractivity contribution is 7.99. The third kappa shape index (κ3) is 3.09. The van der Waals surface area contributed by atoms with E-state index in [1.807, 2.05) is 30.3 Å². The Morgan fingerprint density at radius 3 is 2.38 bits per heavy atom. The van der Waals surface area contributed by atoms with Gasteiger partial charge in [-0.05, 0) is 62.3 Å². The maximum Gasteiger partial charge on any atom is 0.269 e. The number of benzene rings is 2. The Labute approximate surface area is 194 Å². The van der Waals surface area contributed by atoms with E-state index in [2.05, 4.69) is 73.7 Å². The molecule has 1 amide bonds. The van der Waals surface area contributed by atoms with E-state index < -0.39 is 11.0 Å². The first-order valence-electron chi connectivity index (χ1n) is 11.1. The Balaban J connectivity index is 1.69. The van der Waals surface area contributed by atoms with Crippen LogP contribution in [-0.4, -0.2) is 34.3 Å². The highest BCUT2D eigenvalue weighted by Crippen LogP contribution is 2.56. The van der Waals surface area contributed by atoms with Crippen molar-refractivity contribution in [2.75, 3.05) is 12.8 Å². The number of para-hydroxylation sites is 1. The van der Waals surface area contributed by atoms with Crippen LogP contribution >= 0.6 is 11.8 Å². The molecule has 5 heteroatoms. The minimum absolute atomic E-state index is 0.0488. The van der Waals surface area contributed by atoms with Gasteiger partial charge in [0.25, 0.3) is 5.91 Å². The quantitative estimate of drug-likeness (QED) is 0.498. The second-order valence-corrected chi connectivity index (χ2v) is 10.8. The minimum Gasteiger partial charge on any atom is -0.477 e. The fourth-order valence-electron chi connectivity index (χ4n) is 5.29. The predicted molar refractivity (Wildman–Crippen MR) is 130 cm³/mol. The number of aryl methyl sites for hydroxylation is 2. The van der Waals surface area contributed by atoms with Crippen LogP contribution in [0.15, 0.2) is 60.7 Å². The van der Waals surface area contributed by atoms with Gasteiger partial charge in [0.1, 0.15) is 5.75 Å². The molecular formula is C27H30N2O2S. The van der Waals surface area contributed by atoms with E-state index >= 15 is 0 Å². The number of hydrogen-bond donors (Lipinski definition) is 0. The second kappa shape index (κ2) is 7.45. The molecule has 0 aliphatic carbocycles. The molecule has 3 heterocycles. The molecule has 1 aromatic heterocycles. The van der Waals surface area contributed by atoms with E-state index in [1.54, 1.807) is 11.8 Å². The number of β-lactam (4-membered cyclic amide) rings is 1. The lowest BCUT2D eigenvalue weighted by Gasteiger charge is -2.56. The first-order chi connectivity index (χ1) is 15.3. The maximum atomic E-state index is 13.4. The second-order valence-electron chi connectivity index (χ2n) is 9.79. The van der Waals surface area contributed by atoms with Crippen molar-refractivity contribution in [2.45, 2.75) is 45.1 Å². The average molecular weight is 447 g/mol. The molecule has 1 saturated heterocycles. The predicted octanol–water partition coefficient (Wildman–Crippen LogP) is 5.48. The van der Waals surface area contributed by atoms with Gasteiger partial charge in [0.05, 0.1) is 0 Å². The largest absolute Gasteiger partial charge is 0.477 e. The van der Waals surface area contributed by atoms with E-state index in [-0.39, 0.29) is 11.3 Å². The minimum atomic E-state index is -0.541. The van der Waals surface area contributed by atoms with Gasteiger partial charge in [-0.3, -0.25) is 4.79 Å². The van der Waals surface area contributed by atoms with Gasteiger partial charge < -0.3 is 14.2 Å². The van der Waals surface area contributed by atoms with Crippen molar-refractivity contribution in [3.63, 3.8) is 0 Å². The molecule has 0 N–H and O–H groups in total. The van der Waals surface area contributed by atoms with E-state index in [9.17, 15) is 4.79 Å². The highest BCUT2D eigenvalue weighted by Gasteiger charge is 2.66. The summed E-state index contributed by atoms with van der Waals surface area (Å²) in [5.41, 5.74) is 6.03. The van der Waals surface area contributed by atoms with Crippen molar-refractivity contribution < 1.29 is 9.53 Å². The van der Waals surface area contributed by atoms with Crippen LogP contribution in [0.4, 0.5) is 0 Å². The highest BCUT2D eigenvalue weighted by atomic mass is 32.2. The molecule has 166 valence electrons. The molecule has 2 atom stereocenters. The van der Waals surface area contributed by atoms with Crippen LogP contribution in [0.1, 0.15) is 36.4 Å². The van der Waals surface area contributed by atoms with Gasteiger partial charge in [-0.25, -0.2) is 0 Å². The first-order valence-corrected chi connectivity index (χ1v) is 12.4. The topological polar surface area (TPSA) is 34.5 Å². The van der Waals surface area contributed by atoms with Gasteiger partial charge in [-0.2, -0.15) is 0 Å². The zero-order chi connectivity index (χ0) is 22.7. The summed E-state index contributed by atoms with van der Waals surface area (Å²) in [6, 6.07) is 20.7. The van der Waals surface area contributed by atoms with Crippen molar-refractivity contribution in [1.29, 1.82) is 0 Å². The number of carbonyl (C=O) groups excluding carboxylic acids is 1. The molecular weight excluding hydrogens is 416 g/mol. The molecule has 5 rings (SSSR count). The zero-order valence-electron chi connectivity index (χ0n) is 19.4. The molecule has 1 fully saturated rings. The lowest BCUT2D eigenvalue weighted by Crippen LogP contribution is -2.72. The fraction of sp³-hybridized carbons (Fsp3) is 0.370. The fourth-order valence-corrected chi connectivity index (χ4v) is 6.42. The number of ether oxygens (including phenoxy) is 1. The number of amides is 1. The first kappa shape index (κ1) is 21.2. The molecule has 2 aliphatic rings. The standard InChI is InChI=1S/C27H30N2O2S/c1-18-11-13-20(14-12-18)29-19(2)15-22-23(29)16-26(3,4)17-28-25(30)24(27(22,28)32-5)31-21-9-7-6-8-10-21/h6-15,24H,16-17H2,1-5H3/t24-,27-/m0/s1. The number of fused-ring (bicyclic) bond motifs is 3. The van der Waals surface area contributed by atoms with Crippen LogP contribution < -0.4 is 4.74 Å². The van der Waals surface area contributed by atoms with Crippen LogP contribution in [0.25, 0.3) is 5.69 Å². The summed E-state index contributed by atoms with van der Waals surface area (Å²) in [5, 5.41) is 0. The summed E-state index contributed by atoms with van der Waals surface area (Å²) in [6.07, 6.45) is 2.45. The van der Waals surface area contributed by atoms with Gasteiger partial charge in [-0.1, -0.05) is 49.7 Å². The molecule has 2 aromatic carbocycles. The molecule has 0 bridgehead atoms. The van der Waals surface area contributed by atoms with Gasteiger partial charge >= 0.3 is 0 Å². The van der Waals surface area contributed by atoms with Crippen LogP contribution in [0.5, 0.6) is 5.75 Å². The van der Waals surface area contributed by atoms with Crippen molar-refractivity contribution in [3.8, 4) is 11.4 Å². The van der Waals surface area contributed by atoms with Crippen molar-refractivity contribution >= 4 is 17.7 Å². The zero-order valence-corrected chi connectivity index (χ0v) is 20.2. The van der Waals surface area contributed by atoms with Crippen molar-refractivity contribution in [3.05, 3.63) is 83.2 Å². The Hall–Kier alpha value is -2.66. The third-order valence-corrected chi connectivity index (χ3v) is 8.03. The molecule has 0 spiro atoms. The molecule has 2 aliphatic heterocycles. The summed E-state index contributed by atoms with van der Waals surface area (Å²) < 4.78 is 8.73. The number of rotatable bonds is 4. The summed E-state index contributed by atoms with van der Waals surface area (Å²) in [4.78, 5) is 14.9. The number of hydrogen-bond acceptors (Lipinski definition) is 3. The normalized spacial score (nSPS) is 23.7. The number of aromatic nitrogens is 1. The van der Waals surface area contributed by atoms with E-state index in [4.69, 9.17) is 4.74 Å². The smallest absolute Gasteiger partial charge is 0.269 e. The van der Waals surface area contributed by atoms with Crippen molar-refractivity contribution in [2.24, 2.45) is 5.41 Å². The third-order valence-electron chi connectivity index (χ3n) is 6.75. The van der Waals surface area contributed by atoms with E-state index in [1.165, 1.54) is 28.2 Å². The number of nitrogens with zero attached hydrogens (tertiary/aromatic N) is 2. The summed E-state index contributed by atoms with van der Waals surface area (Å²) in [7, 11) is 0. The number of thioether (sulfide) groups is 1. The lowest BCUT2D eigenvalue weighted by molar-refractivity contribution is -0.171. The summed E-state index contributed by atoms with van der Waals surface area (Å²) in [5.74, 6) is 0.809. The Kier molecular flexibility index (Phi) is 4.93. The Morgan fingerprint density at radius 1 is 1.03 bits per heavy atom. The van der Waals surface area contributed by atoms with Gasteiger partial charge in [-0.15, -0.1) is 11.8 Å². The van der Waals surface area contributed by atoms with E-state index in [0.717, 1.165) is 12.2 Å². The monoisotopic (exact) mass is 446 g/mol. The maximum absolute atomic E-state index is 13.4. The summed E-state index contributed by atoms with van der Waals surface area (Å²) >= 11 is 1.72. The van der Waals surface area contributed by atoms with Crippen LogP contribution in [-0.2, 0) is 16.1 Å². The average Bonchev–Trinajstić information content (AvgIpc) is 3.05. The van der Waals surface area contributed by atoms with Gasteiger partial charge in [0.2, 0.25) is 6.10 Å². The molecule has 32 heavy (non-hydrogen) atoms. The molecule has 4 nitrogen and oxygen atoms in total. The SMILES string of the molecule is CS[C@]12c3cc(C)n(-c4ccc(C)cc4)c3CC(C)(C)CN1C(=O)[C@@H]2Oc1ccccc1. The lowest BCUT2D eigenvalue weighted by atomic mass is 9.87. The van der Waals surface area contributed by atoms with E-state index in [0.29, 0.717) is 6.54 Å². The van der Waals surface area contributed by atoms with Gasteiger partial charge in [0, 0.05) is 29.2 Å². The molecule has 3 aromatic rings. The van der Waals surface area contributed by atoms with Crippen LogP contribution in [0, 0.1) is 19.3 Å². The molecule has 0 saturated carbocycles. The molecule has 0 unspecified atom stereocenters.